The van der Waals surface area contributed by atoms with Crippen molar-refractivity contribution in [2.45, 2.75) is 18.9 Å². The Morgan fingerprint density at radius 2 is 2.10 bits per heavy atom. The van der Waals surface area contributed by atoms with Gasteiger partial charge < -0.3 is 19.9 Å². The Labute approximate surface area is 123 Å². The first-order chi connectivity index (χ1) is 10.3. The van der Waals surface area contributed by atoms with Crippen LogP contribution in [-0.2, 0) is 4.74 Å². The maximum atomic E-state index is 6.08. The van der Waals surface area contributed by atoms with Crippen LogP contribution < -0.4 is 15.2 Å². The summed E-state index contributed by atoms with van der Waals surface area (Å²) in [6.07, 6.45) is 3.64. The number of benzene rings is 1. The van der Waals surface area contributed by atoms with E-state index >= 15 is 0 Å². The van der Waals surface area contributed by atoms with Gasteiger partial charge >= 0.3 is 0 Å². The number of aromatic amines is 1. The number of nitrogen functional groups attached to an aromatic ring is 1. The molecule has 1 aromatic heterocycles. The molecular weight excluding hydrogens is 270 g/mol. The van der Waals surface area contributed by atoms with E-state index in [4.69, 9.17) is 19.9 Å². The molecule has 3 N–H and O–H groups in total. The molecule has 1 aliphatic rings. The van der Waals surface area contributed by atoms with Crippen LogP contribution in [0.5, 0.6) is 11.5 Å². The molecule has 0 amide bonds. The molecule has 21 heavy (non-hydrogen) atoms. The second-order valence-corrected chi connectivity index (χ2v) is 4.99. The highest BCUT2D eigenvalue weighted by atomic mass is 16.5. The topological polar surface area (TPSA) is 82.4 Å². The van der Waals surface area contributed by atoms with Crippen molar-refractivity contribution in [2.24, 2.45) is 0 Å². The van der Waals surface area contributed by atoms with Crippen molar-refractivity contribution in [1.82, 2.24) is 10.2 Å². The molecular formula is C15H19N3O3. The van der Waals surface area contributed by atoms with Gasteiger partial charge in [0.1, 0.15) is 11.9 Å². The van der Waals surface area contributed by atoms with Crippen molar-refractivity contribution < 1.29 is 14.2 Å². The minimum atomic E-state index is 0.157. The zero-order valence-electron chi connectivity index (χ0n) is 12.0. The lowest BCUT2D eigenvalue weighted by molar-refractivity contribution is 0.0246. The lowest BCUT2D eigenvalue weighted by atomic mass is 10.1. The highest BCUT2D eigenvalue weighted by Gasteiger charge is 2.18. The first-order valence-corrected chi connectivity index (χ1v) is 6.99. The number of aromatic nitrogens is 2. The molecule has 0 spiro atoms. The number of nitrogens with two attached hydrogens (primary N) is 1. The first kappa shape index (κ1) is 13.8. The predicted molar refractivity (Wildman–Crippen MR) is 79.5 cm³/mol. The van der Waals surface area contributed by atoms with E-state index in [9.17, 15) is 0 Å². The molecule has 6 heteroatoms. The molecule has 0 atom stereocenters. The number of anilines is 1. The van der Waals surface area contributed by atoms with E-state index in [-0.39, 0.29) is 6.10 Å². The smallest absolute Gasteiger partial charge is 0.162 e. The monoisotopic (exact) mass is 289 g/mol. The van der Waals surface area contributed by atoms with E-state index < -0.39 is 0 Å². The number of nitrogens with one attached hydrogen (secondary N) is 1. The number of methoxy groups -OCH3 is 1. The number of hydrogen-bond acceptors (Lipinski definition) is 5. The summed E-state index contributed by atoms with van der Waals surface area (Å²) in [6.45, 7) is 1.47. The lowest BCUT2D eigenvalue weighted by Gasteiger charge is -2.24. The van der Waals surface area contributed by atoms with Gasteiger partial charge in [0.2, 0.25) is 0 Å². The van der Waals surface area contributed by atoms with Gasteiger partial charge in [0.15, 0.2) is 11.5 Å². The molecule has 1 aromatic carbocycles. The molecule has 112 valence electrons. The summed E-state index contributed by atoms with van der Waals surface area (Å²) in [7, 11) is 1.64. The Kier molecular flexibility index (Phi) is 3.96. The molecule has 1 fully saturated rings. The summed E-state index contributed by atoms with van der Waals surface area (Å²) in [5, 5.41) is 6.68. The van der Waals surface area contributed by atoms with E-state index in [1.165, 1.54) is 0 Å². The van der Waals surface area contributed by atoms with E-state index in [2.05, 4.69) is 10.2 Å². The molecule has 0 bridgehead atoms. The fourth-order valence-corrected chi connectivity index (χ4v) is 2.44. The van der Waals surface area contributed by atoms with Crippen molar-refractivity contribution >= 4 is 5.82 Å². The largest absolute Gasteiger partial charge is 0.493 e. The van der Waals surface area contributed by atoms with Crippen molar-refractivity contribution in [1.29, 1.82) is 0 Å². The Bertz CT molecular complexity index is 606. The van der Waals surface area contributed by atoms with Gasteiger partial charge in [-0.15, -0.1) is 0 Å². The van der Waals surface area contributed by atoms with Crippen molar-refractivity contribution in [2.75, 3.05) is 26.1 Å². The minimum Gasteiger partial charge on any atom is -0.493 e. The molecule has 0 unspecified atom stereocenters. The van der Waals surface area contributed by atoms with Crippen LogP contribution in [0.2, 0.25) is 0 Å². The summed E-state index contributed by atoms with van der Waals surface area (Å²) >= 11 is 0. The predicted octanol–water partition coefficient (Wildman–Crippen LogP) is 2.23. The first-order valence-electron chi connectivity index (χ1n) is 6.99. The molecule has 0 saturated carbocycles. The number of ether oxygens (including phenoxy) is 3. The number of rotatable bonds is 4. The van der Waals surface area contributed by atoms with E-state index in [0.717, 1.165) is 42.9 Å². The zero-order valence-corrected chi connectivity index (χ0v) is 12.0. The van der Waals surface area contributed by atoms with Gasteiger partial charge in [0.05, 0.1) is 26.5 Å². The molecule has 1 aliphatic heterocycles. The van der Waals surface area contributed by atoms with Crippen LogP contribution in [0.3, 0.4) is 0 Å². The Hall–Kier alpha value is -2.21. The second-order valence-electron chi connectivity index (χ2n) is 4.99. The Morgan fingerprint density at radius 3 is 2.76 bits per heavy atom. The fourth-order valence-electron chi connectivity index (χ4n) is 2.44. The fraction of sp³-hybridized carbons (Fsp3) is 0.400. The maximum absolute atomic E-state index is 6.08. The van der Waals surface area contributed by atoms with Crippen LogP contribution in [-0.4, -0.2) is 36.6 Å². The van der Waals surface area contributed by atoms with Gasteiger partial charge in [-0.1, -0.05) is 6.07 Å². The minimum absolute atomic E-state index is 0.157. The average Bonchev–Trinajstić information content (AvgIpc) is 2.94. The van der Waals surface area contributed by atoms with E-state index in [1.54, 1.807) is 13.3 Å². The highest BCUT2D eigenvalue weighted by Crippen LogP contribution is 2.35. The van der Waals surface area contributed by atoms with Crippen molar-refractivity contribution in [3.05, 3.63) is 24.4 Å². The second kappa shape index (κ2) is 6.05. The standard InChI is InChI=1S/C15H19N3O3/c1-19-13-3-2-10(12-9-17-18-15(12)16)8-14(13)21-11-4-6-20-7-5-11/h2-3,8-9,11H,4-7H2,1H3,(H3,16,17,18). The SMILES string of the molecule is COc1ccc(-c2cn[nH]c2N)cc1OC1CCOCC1. The molecule has 3 rings (SSSR count). The van der Waals surface area contributed by atoms with Gasteiger partial charge in [-0.2, -0.15) is 5.10 Å². The van der Waals surface area contributed by atoms with Crippen LogP contribution in [0, 0.1) is 0 Å². The third-order valence-corrected chi connectivity index (χ3v) is 3.61. The molecule has 2 heterocycles. The quantitative estimate of drug-likeness (QED) is 0.902. The van der Waals surface area contributed by atoms with Crippen LogP contribution >= 0.6 is 0 Å². The summed E-state index contributed by atoms with van der Waals surface area (Å²) < 4.78 is 16.8. The van der Waals surface area contributed by atoms with Crippen LogP contribution in [0.1, 0.15) is 12.8 Å². The summed E-state index contributed by atoms with van der Waals surface area (Å²) in [5.74, 6) is 1.98. The van der Waals surface area contributed by atoms with Crippen LogP contribution in [0.25, 0.3) is 11.1 Å². The lowest BCUT2D eigenvalue weighted by Crippen LogP contribution is -2.26. The van der Waals surface area contributed by atoms with E-state index in [1.807, 2.05) is 18.2 Å². The summed E-state index contributed by atoms with van der Waals surface area (Å²) in [4.78, 5) is 0. The highest BCUT2D eigenvalue weighted by molar-refractivity contribution is 5.75. The normalized spacial score (nSPS) is 15.9. The van der Waals surface area contributed by atoms with Crippen LogP contribution in [0.4, 0.5) is 5.82 Å². The molecule has 0 radical (unpaired) electrons. The molecule has 1 saturated heterocycles. The Morgan fingerprint density at radius 1 is 1.29 bits per heavy atom. The van der Waals surface area contributed by atoms with E-state index in [0.29, 0.717) is 11.6 Å². The van der Waals surface area contributed by atoms with Crippen molar-refractivity contribution in [3.8, 4) is 22.6 Å². The molecule has 6 nitrogen and oxygen atoms in total. The number of H-pyrrole nitrogens is 1. The molecule has 0 aliphatic carbocycles. The molecule has 2 aromatic rings. The Balaban J connectivity index is 1.88. The van der Waals surface area contributed by atoms with Crippen LogP contribution in [0.15, 0.2) is 24.4 Å². The average molecular weight is 289 g/mol. The van der Waals surface area contributed by atoms with Gasteiger partial charge in [-0.3, -0.25) is 5.10 Å². The number of nitrogens with zero attached hydrogens (tertiary/aromatic N) is 1. The van der Waals surface area contributed by atoms with Gasteiger partial charge in [0, 0.05) is 18.4 Å². The zero-order chi connectivity index (χ0) is 14.7. The van der Waals surface area contributed by atoms with Gasteiger partial charge in [-0.25, -0.2) is 0 Å². The summed E-state index contributed by atoms with van der Waals surface area (Å²) in [6, 6.07) is 5.77. The van der Waals surface area contributed by atoms with Gasteiger partial charge in [0.25, 0.3) is 0 Å². The van der Waals surface area contributed by atoms with Crippen molar-refractivity contribution in [3.63, 3.8) is 0 Å². The third kappa shape index (κ3) is 2.95. The maximum Gasteiger partial charge on any atom is 0.162 e. The third-order valence-electron chi connectivity index (χ3n) is 3.61. The van der Waals surface area contributed by atoms with Gasteiger partial charge in [-0.05, 0) is 17.7 Å². The summed E-state index contributed by atoms with van der Waals surface area (Å²) in [5.41, 5.74) is 7.68. The number of hydrogen-bond donors (Lipinski definition) is 2.